The maximum atomic E-state index is 12.7. The van der Waals surface area contributed by atoms with Crippen LogP contribution in [-0.2, 0) is 4.79 Å². The molecule has 2 aromatic carbocycles. The zero-order valence-electron chi connectivity index (χ0n) is 15.0. The molecule has 3 rings (SSSR count). The number of hydrogen-bond acceptors (Lipinski definition) is 3. The van der Waals surface area contributed by atoms with Crippen LogP contribution in [-0.4, -0.2) is 16.1 Å². The summed E-state index contributed by atoms with van der Waals surface area (Å²) < 4.78 is 0. The van der Waals surface area contributed by atoms with Crippen LogP contribution in [0.2, 0.25) is 5.02 Å². The second-order valence-electron chi connectivity index (χ2n) is 6.26. The van der Waals surface area contributed by atoms with Crippen LogP contribution in [0.25, 0.3) is 10.9 Å². The van der Waals surface area contributed by atoms with Crippen LogP contribution < -0.4 is 5.32 Å². The summed E-state index contributed by atoms with van der Waals surface area (Å²) in [6.45, 7) is 6.16. The number of carbonyl (C=O) groups is 1. The number of aromatic nitrogens is 1. The SMILES string of the molecule is CCC(Sc1cc(C)c2cccc(C)c2n1)C(=O)Nc1ccc(Cl)cc1. The smallest absolute Gasteiger partial charge is 0.237 e. The van der Waals surface area contributed by atoms with Gasteiger partial charge < -0.3 is 5.32 Å². The lowest BCUT2D eigenvalue weighted by atomic mass is 10.1. The van der Waals surface area contributed by atoms with Gasteiger partial charge in [-0.25, -0.2) is 4.98 Å². The number of amides is 1. The number of nitrogens with zero attached hydrogens (tertiary/aromatic N) is 1. The van der Waals surface area contributed by atoms with Gasteiger partial charge in [0.05, 0.1) is 15.8 Å². The molecule has 1 atom stereocenters. The highest BCUT2D eigenvalue weighted by Gasteiger charge is 2.19. The highest BCUT2D eigenvalue weighted by molar-refractivity contribution is 8.00. The Kier molecular flexibility index (Phi) is 5.84. The van der Waals surface area contributed by atoms with E-state index in [1.807, 2.05) is 13.0 Å². The minimum Gasteiger partial charge on any atom is -0.325 e. The molecular weight excluding hydrogens is 364 g/mol. The summed E-state index contributed by atoms with van der Waals surface area (Å²) in [7, 11) is 0. The fourth-order valence-electron chi connectivity index (χ4n) is 2.82. The number of nitrogens with one attached hydrogen (secondary N) is 1. The predicted molar refractivity (Wildman–Crippen MR) is 111 cm³/mol. The van der Waals surface area contributed by atoms with Crippen molar-refractivity contribution >= 4 is 45.9 Å². The van der Waals surface area contributed by atoms with E-state index in [4.69, 9.17) is 16.6 Å². The van der Waals surface area contributed by atoms with E-state index in [9.17, 15) is 4.79 Å². The van der Waals surface area contributed by atoms with Gasteiger partial charge >= 0.3 is 0 Å². The number of aryl methyl sites for hydroxylation is 2. The van der Waals surface area contributed by atoms with E-state index in [0.717, 1.165) is 33.6 Å². The summed E-state index contributed by atoms with van der Waals surface area (Å²) in [5.41, 5.74) is 4.07. The van der Waals surface area contributed by atoms with Gasteiger partial charge in [-0.2, -0.15) is 0 Å². The summed E-state index contributed by atoms with van der Waals surface area (Å²) >= 11 is 7.40. The molecule has 0 bridgehead atoms. The van der Waals surface area contributed by atoms with E-state index in [1.54, 1.807) is 24.3 Å². The van der Waals surface area contributed by atoms with E-state index < -0.39 is 0 Å². The number of pyridine rings is 1. The second kappa shape index (κ2) is 8.11. The Balaban J connectivity index is 1.81. The van der Waals surface area contributed by atoms with Gasteiger partial charge in [0.15, 0.2) is 0 Å². The lowest BCUT2D eigenvalue weighted by molar-refractivity contribution is -0.115. The molecule has 3 nitrogen and oxygen atoms in total. The minimum atomic E-state index is -0.209. The summed E-state index contributed by atoms with van der Waals surface area (Å²) in [6, 6.07) is 15.4. The number of anilines is 1. The summed E-state index contributed by atoms with van der Waals surface area (Å²) in [5.74, 6) is -0.0239. The average Bonchev–Trinajstić information content (AvgIpc) is 2.62. The zero-order chi connectivity index (χ0) is 18.7. The quantitative estimate of drug-likeness (QED) is 0.547. The topological polar surface area (TPSA) is 42.0 Å². The predicted octanol–water partition coefficient (Wildman–Crippen LogP) is 6.01. The van der Waals surface area contributed by atoms with E-state index in [2.05, 4.69) is 37.4 Å². The Bertz CT molecular complexity index is 941. The first kappa shape index (κ1) is 18.7. The van der Waals surface area contributed by atoms with Crippen LogP contribution in [0.3, 0.4) is 0 Å². The van der Waals surface area contributed by atoms with Crippen molar-refractivity contribution in [3.63, 3.8) is 0 Å². The van der Waals surface area contributed by atoms with Gasteiger partial charge in [0.2, 0.25) is 5.91 Å². The number of carbonyl (C=O) groups excluding carboxylic acids is 1. The number of hydrogen-bond donors (Lipinski definition) is 1. The Hall–Kier alpha value is -2.04. The third-order valence-electron chi connectivity index (χ3n) is 4.26. The molecule has 3 aromatic rings. The van der Waals surface area contributed by atoms with Gasteiger partial charge in [0, 0.05) is 16.1 Å². The van der Waals surface area contributed by atoms with Crippen LogP contribution in [0, 0.1) is 13.8 Å². The molecule has 0 saturated carbocycles. The Morgan fingerprint density at radius 2 is 1.88 bits per heavy atom. The van der Waals surface area contributed by atoms with Gasteiger partial charge in [0.25, 0.3) is 0 Å². The van der Waals surface area contributed by atoms with Crippen molar-refractivity contribution in [1.82, 2.24) is 4.98 Å². The molecule has 0 aliphatic carbocycles. The number of fused-ring (bicyclic) bond motifs is 1. The molecule has 1 unspecified atom stereocenters. The number of benzene rings is 2. The van der Waals surface area contributed by atoms with E-state index in [1.165, 1.54) is 17.3 Å². The van der Waals surface area contributed by atoms with Gasteiger partial charge in [-0.05, 0) is 61.7 Å². The Labute approximate surface area is 163 Å². The molecule has 0 radical (unpaired) electrons. The van der Waals surface area contributed by atoms with Gasteiger partial charge in [-0.1, -0.05) is 48.5 Å². The Morgan fingerprint density at radius 1 is 1.15 bits per heavy atom. The zero-order valence-corrected chi connectivity index (χ0v) is 16.6. The van der Waals surface area contributed by atoms with E-state index in [-0.39, 0.29) is 11.2 Å². The third kappa shape index (κ3) is 4.19. The minimum absolute atomic E-state index is 0.0239. The van der Waals surface area contributed by atoms with Crippen molar-refractivity contribution in [3.05, 3.63) is 64.7 Å². The van der Waals surface area contributed by atoms with E-state index >= 15 is 0 Å². The molecule has 134 valence electrons. The van der Waals surface area contributed by atoms with Crippen LogP contribution in [0.1, 0.15) is 24.5 Å². The summed E-state index contributed by atoms with van der Waals surface area (Å²) in [5, 5.41) is 5.43. The average molecular weight is 385 g/mol. The van der Waals surface area contributed by atoms with Crippen molar-refractivity contribution in [2.45, 2.75) is 37.5 Å². The molecule has 0 spiro atoms. The van der Waals surface area contributed by atoms with Crippen LogP contribution in [0.4, 0.5) is 5.69 Å². The first-order valence-corrected chi connectivity index (χ1v) is 9.83. The summed E-state index contributed by atoms with van der Waals surface area (Å²) in [4.78, 5) is 17.4. The van der Waals surface area contributed by atoms with Crippen molar-refractivity contribution < 1.29 is 4.79 Å². The molecule has 1 N–H and O–H groups in total. The fourth-order valence-corrected chi connectivity index (χ4v) is 3.95. The van der Waals surface area contributed by atoms with Gasteiger partial charge in [-0.3, -0.25) is 4.79 Å². The molecule has 5 heteroatoms. The summed E-state index contributed by atoms with van der Waals surface area (Å²) in [6.07, 6.45) is 0.719. The highest BCUT2D eigenvalue weighted by atomic mass is 35.5. The standard InChI is InChI=1S/C21H21ClN2OS/c1-4-18(21(25)23-16-10-8-15(22)9-11-16)26-19-12-14(3)17-7-5-6-13(2)20(17)24-19/h5-12,18H,4H2,1-3H3,(H,23,25). The normalized spacial score (nSPS) is 12.2. The number of halogens is 1. The van der Waals surface area contributed by atoms with Crippen molar-refractivity contribution in [2.24, 2.45) is 0 Å². The van der Waals surface area contributed by atoms with E-state index in [0.29, 0.717) is 5.02 Å². The first-order chi connectivity index (χ1) is 12.5. The lowest BCUT2D eigenvalue weighted by Gasteiger charge is -2.15. The van der Waals surface area contributed by atoms with Crippen molar-refractivity contribution in [1.29, 1.82) is 0 Å². The van der Waals surface area contributed by atoms with Gasteiger partial charge in [0.1, 0.15) is 0 Å². The first-order valence-electron chi connectivity index (χ1n) is 8.58. The maximum Gasteiger partial charge on any atom is 0.237 e. The lowest BCUT2D eigenvalue weighted by Crippen LogP contribution is -2.24. The van der Waals surface area contributed by atoms with Crippen molar-refractivity contribution in [2.75, 3.05) is 5.32 Å². The van der Waals surface area contributed by atoms with Gasteiger partial charge in [-0.15, -0.1) is 0 Å². The molecule has 0 saturated heterocycles. The number of para-hydroxylation sites is 1. The molecule has 0 aliphatic rings. The fraction of sp³-hybridized carbons (Fsp3) is 0.238. The molecule has 1 heterocycles. The monoisotopic (exact) mass is 384 g/mol. The molecule has 1 amide bonds. The Morgan fingerprint density at radius 3 is 2.58 bits per heavy atom. The van der Waals surface area contributed by atoms with Crippen LogP contribution in [0.15, 0.2) is 53.6 Å². The molecular formula is C21H21ClN2OS. The van der Waals surface area contributed by atoms with Crippen LogP contribution >= 0.6 is 23.4 Å². The van der Waals surface area contributed by atoms with Crippen molar-refractivity contribution in [3.8, 4) is 0 Å². The third-order valence-corrected chi connectivity index (χ3v) is 5.80. The highest BCUT2D eigenvalue weighted by Crippen LogP contribution is 2.30. The molecule has 26 heavy (non-hydrogen) atoms. The molecule has 1 aromatic heterocycles. The number of thioether (sulfide) groups is 1. The van der Waals surface area contributed by atoms with Crippen LogP contribution in [0.5, 0.6) is 0 Å². The number of rotatable bonds is 5. The largest absolute Gasteiger partial charge is 0.325 e. The maximum absolute atomic E-state index is 12.7. The second-order valence-corrected chi connectivity index (χ2v) is 7.92. The molecule has 0 fully saturated rings. The molecule has 0 aliphatic heterocycles.